The van der Waals surface area contributed by atoms with Gasteiger partial charge < -0.3 is 14.0 Å². The van der Waals surface area contributed by atoms with Crippen LogP contribution in [0.5, 0.6) is 5.75 Å². The summed E-state index contributed by atoms with van der Waals surface area (Å²) in [5.41, 5.74) is 0.180. The molecule has 1 aromatic carbocycles. The summed E-state index contributed by atoms with van der Waals surface area (Å²) >= 11 is 0. The summed E-state index contributed by atoms with van der Waals surface area (Å²) in [6.45, 7) is -0.210. The minimum absolute atomic E-state index is 0.0297. The van der Waals surface area contributed by atoms with Gasteiger partial charge in [-0.1, -0.05) is 0 Å². The van der Waals surface area contributed by atoms with Crippen LogP contribution in [0.25, 0.3) is 0 Å². The second kappa shape index (κ2) is 6.25. The number of aromatic nitrogens is 1. The van der Waals surface area contributed by atoms with E-state index in [2.05, 4.69) is 0 Å². The van der Waals surface area contributed by atoms with Gasteiger partial charge in [-0.05, 0) is 18.2 Å². The first-order chi connectivity index (χ1) is 10.4. The Labute approximate surface area is 125 Å². The Hall–Kier alpha value is -2.90. The number of ether oxygens (including phenoxy) is 2. The second-order valence-corrected chi connectivity index (χ2v) is 4.48. The number of esters is 1. The molecule has 0 atom stereocenters. The van der Waals surface area contributed by atoms with Crippen molar-refractivity contribution in [2.24, 2.45) is 7.05 Å². The number of carbonyl (C=O) groups excluding carboxylic acids is 1. The number of benzene rings is 1. The Bertz CT molecular complexity index is 726. The molecule has 0 bridgehead atoms. The van der Waals surface area contributed by atoms with E-state index in [0.717, 1.165) is 6.07 Å². The molecule has 0 fully saturated rings. The maximum atomic E-state index is 13.2. The lowest BCUT2D eigenvalue weighted by atomic mass is 10.2. The van der Waals surface area contributed by atoms with Crippen LogP contribution in [0.2, 0.25) is 0 Å². The number of nitro groups is 1. The fourth-order valence-electron chi connectivity index (χ4n) is 1.93. The van der Waals surface area contributed by atoms with Crippen LogP contribution < -0.4 is 4.74 Å². The molecular formula is C14H13FN2O5. The zero-order valence-electron chi connectivity index (χ0n) is 11.9. The van der Waals surface area contributed by atoms with E-state index in [-0.39, 0.29) is 18.0 Å². The molecule has 2 aromatic rings. The molecule has 0 saturated heterocycles. The summed E-state index contributed by atoms with van der Waals surface area (Å²) in [4.78, 5) is 22.0. The van der Waals surface area contributed by atoms with Crippen LogP contribution in [0.4, 0.5) is 10.1 Å². The molecule has 0 unspecified atom stereocenters. The highest BCUT2D eigenvalue weighted by molar-refractivity contribution is 5.88. The van der Waals surface area contributed by atoms with Gasteiger partial charge >= 0.3 is 5.97 Å². The third-order valence-electron chi connectivity index (χ3n) is 3.01. The number of nitrogens with zero attached hydrogens (tertiary/aromatic N) is 2. The van der Waals surface area contributed by atoms with E-state index >= 15 is 0 Å². The largest absolute Gasteiger partial charge is 0.496 e. The summed E-state index contributed by atoms with van der Waals surface area (Å²) in [5.74, 6) is -0.852. The quantitative estimate of drug-likeness (QED) is 0.481. The van der Waals surface area contributed by atoms with Gasteiger partial charge in [0.05, 0.1) is 18.2 Å². The van der Waals surface area contributed by atoms with Gasteiger partial charge in [0, 0.05) is 18.7 Å². The molecule has 0 aliphatic heterocycles. The van der Waals surface area contributed by atoms with Crippen molar-refractivity contribution in [3.8, 4) is 5.75 Å². The van der Waals surface area contributed by atoms with Crippen molar-refractivity contribution in [1.29, 1.82) is 0 Å². The van der Waals surface area contributed by atoms with Gasteiger partial charge in [0.2, 0.25) is 0 Å². The van der Waals surface area contributed by atoms with Gasteiger partial charge in [-0.2, -0.15) is 0 Å². The Balaban J connectivity index is 2.13. The highest BCUT2D eigenvalue weighted by Crippen LogP contribution is 2.21. The van der Waals surface area contributed by atoms with Crippen molar-refractivity contribution in [3.63, 3.8) is 0 Å². The van der Waals surface area contributed by atoms with Crippen molar-refractivity contribution in [2.75, 3.05) is 7.11 Å². The summed E-state index contributed by atoms with van der Waals surface area (Å²) in [7, 11) is 2.91. The number of aryl methyl sites for hydroxylation is 1. The number of carbonyl (C=O) groups is 1. The SMILES string of the molecule is COc1ccc(F)cc1COC(=O)c1cc([N+](=O)[O-])cn1C. The molecule has 8 heteroatoms. The maximum absolute atomic E-state index is 13.2. The lowest BCUT2D eigenvalue weighted by Gasteiger charge is -2.09. The molecule has 7 nitrogen and oxygen atoms in total. The average Bonchev–Trinajstić information content (AvgIpc) is 2.87. The molecule has 0 amide bonds. The third kappa shape index (κ3) is 3.22. The van der Waals surface area contributed by atoms with Crippen LogP contribution in [0.15, 0.2) is 30.5 Å². The Kier molecular flexibility index (Phi) is 4.40. The van der Waals surface area contributed by atoms with E-state index in [4.69, 9.17) is 9.47 Å². The first kappa shape index (κ1) is 15.5. The Morgan fingerprint density at radius 1 is 1.41 bits per heavy atom. The number of methoxy groups -OCH3 is 1. The van der Waals surface area contributed by atoms with Gasteiger partial charge in [0.1, 0.15) is 23.9 Å². The molecule has 0 spiro atoms. The first-order valence-electron chi connectivity index (χ1n) is 6.22. The van der Waals surface area contributed by atoms with Gasteiger partial charge in [-0.25, -0.2) is 9.18 Å². The normalized spacial score (nSPS) is 10.3. The summed E-state index contributed by atoms with van der Waals surface area (Å²) in [6, 6.07) is 4.96. The van der Waals surface area contributed by atoms with Crippen LogP contribution >= 0.6 is 0 Å². The van der Waals surface area contributed by atoms with Crippen LogP contribution in [-0.2, 0) is 18.4 Å². The molecule has 0 radical (unpaired) electrons. The first-order valence-corrected chi connectivity index (χ1v) is 6.22. The summed E-state index contributed by atoms with van der Waals surface area (Å²) < 4.78 is 24.6. The standard InChI is InChI=1S/C14H13FN2O5/c1-16-7-11(17(19)20)6-12(16)14(18)22-8-9-5-10(15)3-4-13(9)21-2/h3-7H,8H2,1-2H3. The zero-order valence-corrected chi connectivity index (χ0v) is 11.9. The van der Waals surface area contributed by atoms with Crippen molar-refractivity contribution in [3.05, 3.63) is 57.7 Å². The molecule has 116 valence electrons. The fraction of sp³-hybridized carbons (Fsp3) is 0.214. The van der Waals surface area contributed by atoms with Crippen LogP contribution in [0.3, 0.4) is 0 Å². The molecule has 1 heterocycles. The van der Waals surface area contributed by atoms with Gasteiger partial charge in [0.15, 0.2) is 0 Å². The van der Waals surface area contributed by atoms with E-state index < -0.39 is 16.7 Å². The van der Waals surface area contributed by atoms with Crippen molar-refractivity contribution >= 4 is 11.7 Å². The highest BCUT2D eigenvalue weighted by atomic mass is 19.1. The lowest BCUT2D eigenvalue weighted by molar-refractivity contribution is -0.384. The van der Waals surface area contributed by atoms with E-state index in [1.165, 1.54) is 43.1 Å². The smallest absolute Gasteiger partial charge is 0.355 e. The van der Waals surface area contributed by atoms with E-state index in [1.807, 2.05) is 0 Å². The molecular weight excluding hydrogens is 295 g/mol. The van der Waals surface area contributed by atoms with Crippen molar-refractivity contribution in [2.45, 2.75) is 6.61 Å². The molecule has 1 aromatic heterocycles. The average molecular weight is 308 g/mol. The Morgan fingerprint density at radius 2 is 2.14 bits per heavy atom. The van der Waals surface area contributed by atoms with Gasteiger partial charge in [-0.15, -0.1) is 0 Å². The summed E-state index contributed by atoms with van der Waals surface area (Å²) in [5, 5.41) is 10.7. The molecule has 22 heavy (non-hydrogen) atoms. The number of hydrogen-bond donors (Lipinski definition) is 0. The zero-order chi connectivity index (χ0) is 16.3. The van der Waals surface area contributed by atoms with E-state index in [9.17, 15) is 19.3 Å². The monoisotopic (exact) mass is 308 g/mol. The van der Waals surface area contributed by atoms with Gasteiger partial charge in [-0.3, -0.25) is 10.1 Å². The third-order valence-corrected chi connectivity index (χ3v) is 3.01. The van der Waals surface area contributed by atoms with E-state index in [0.29, 0.717) is 11.3 Å². The van der Waals surface area contributed by atoms with Crippen LogP contribution in [0.1, 0.15) is 16.1 Å². The maximum Gasteiger partial charge on any atom is 0.355 e. The molecule has 2 rings (SSSR count). The molecule has 0 N–H and O–H groups in total. The predicted molar refractivity (Wildman–Crippen MR) is 74.1 cm³/mol. The highest BCUT2D eigenvalue weighted by Gasteiger charge is 2.19. The van der Waals surface area contributed by atoms with Crippen molar-refractivity contribution < 1.29 is 23.6 Å². The fourth-order valence-corrected chi connectivity index (χ4v) is 1.93. The van der Waals surface area contributed by atoms with E-state index in [1.54, 1.807) is 0 Å². The number of hydrogen-bond acceptors (Lipinski definition) is 5. The van der Waals surface area contributed by atoms with Crippen molar-refractivity contribution in [1.82, 2.24) is 4.57 Å². The lowest BCUT2D eigenvalue weighted by Crippen LogP contribution is -2.10. The molecule has 0 saturated carbocycles. The predicted octanol–water partition coefficient (Wildman–Crippen LogP) is 2.44. The second-order valence-electron chi connectivity index (χ2n) is 4.48. The minimum Gasteiger partial charge on any atom is -0.496 e. The minimum atomic E-state index is -0.748. The summed E-state index contributed by atoms with van der Waals surface area (Å²) in [6.07, 6.45) is 1.21. The Morgan fingerprint density at radius 3 is 2.73 bits per heavy atom. The number of halogens is 1. The topological polar surface area (TPSA) is 83.6 Å². The molecule has 0 aliphatic carbocycles. The molecule has 0 aliphatic rings. The van der Waals surface area contributed by atoms with Crippen LogP contribution in [-0.4, -0.2) is 22.6 Å². The van der Waals surface area contributed by atoms with Gasteiger partial charge in [0.25, 0.3) is 5.69 Å². The number of rotatable bonds is 5. The van der Waals surface area contributed by atoms with Crippen LogP contribution in [0, 0.1) is 15.9 Å².